The topological polar surface area (TPSA) is 79.0 Å². The first kappa shape index (κ1) is 25.0. The predicted molar refractivity (Wildman–Crippen MR) is 114 cm³/mol. The van der Waals surface area contributed by atoms with Crippen LogP contribution in [0, 0.1) is 11.6 Å². The van der Waals surface area contributed by atoms with Gasteiger partial charge >= 0.3 is 0 Å². The Morgan fingerprint density at radius 2 is 1.71 bits per heavy atom. The molecule has 0 aromatic heterocycles. The fraction of sp³-hybridized carbons (Fsp3) is 0.350. The van der Waals surface area contributed by atoms with E-state index in [1.807, 2.05) is 4.90 Å². The quantitative estimate of drug-likeness (QED) is 0.663. The zero-order chi connectivity index (χ0) is 21.7. The molecule has 1 saturated heterocycles. The number of ether oxygens (including phenoxy) is 1. The van der Waals surface area contributed by atoms with Crippen molar-refractivity contribution in [3.63, 3.8) is 0 Å². The van der Waals surface area contributed by atoms with Gasteiger partial charge < -0.3 is 10.1 Å². The lowest BCUT2D eigenvalue weighted by Gasteiger charge is -2.34. The van der Waals surface area contributed by atoms with Gasteiger partial charge in [0.15, 0.2) is 0 Å². The molecule has 1 aliphatic rings. The molecule has 31 heavy (non-hydrogen) atoms. The third-order valence-corrected chi connectivity index (χ3v) is 6.83. The van der Waals surface area contributed by atoms with E-state index >= 15 is 0 Å². The summed E-state index contributed by atoms with van der Waals surface area (Å²) >= 11 is 0. The average Bonchev–Trinajstić information content (AvgIpc) is 2.74. The highest BCUT2D eigenvalue weighted by molar-refractivity contribution is 7.89. The number of halogens is 3. The van der Waals surface area contributed by atoms with Gasteiger partial charge in [-0.3, -0.25) is 9.69 Å². The Labute approximate surface area is 186 Å². The van der Waals surface area contributed by atoms with Crippen LogP contribution in [0.5, 0.6) is 5.75 Å². The number of rotatable bonds is 7. The summed E-state index contributed by atoms with van der Waals surface area (Å²) in [6.45, 7) is 2.43. The van der Waals surface area contributed by atoms with Crippen LogP contribution >= 0.6 is 12.4 Å². The number of hydrogen-bond donors (Lipinski definition) is 1. The number of sulfonamides is 1. The average molecular weight is 476 g/mol. The number of amides is 1. The smallest absolute Gasteiger partial charge is 0.254 e. The van der Waals surface area contributed by atoms with Crippen molar-refractivity contribution < 1.29 is 26.7 Å². The van der Waals surface area contributed by atoms with Crippen LogP contribution in [0.2, 0.25) is 0 Å². The summed E-state index contributed by atoms with van der Waals surface area (Å²) in [6.07, 6.45) is 0. The van der Waals surface area contributed by atoms with E-state index in [0.29, 0.717) is 44.5 Å². The largest absolute Gasteiger partial charge is 0.497 e. The number of piperazine rings is 1. The lowest BCUT2D eigenvalue weighted by Crippen LogP contribution is -2.50. The van der Waals surface area contributed by atoms with Gasteiger partial charge in [-0.25, -0.2) is 17.2 Å². The third-order valence-electron chi connectivity index (χ3n) is 4.92. The van der Waals surface area contributed by atoms with E-state index in [0.717, 1.165) is 12.1 Å². The van der Waals surface area contributed by atoms with Crippen molar-refractivity contribution in [2.75, 3.05) is 46.4 Å². The first-order valence-electron chi connectivity index (χ1n) is 9.41. The van der Waals surface area contributed by atoms with Gasteiger partial charge in [-0.05, 0) is 36.4 Å². The van der Waals surface area contributed by atoms with Crippen molar-refractivity contribution in [2.24, 2.45) is 0 Å². The Kier molecular flexibility index (Phi) is 8.75. The molecular formula is C20H24ClF2N3O4S. The van der Waals surface area contributed by atoms with E-state index in [-0.39, 0.29) is 29.4 Å². The van der Waals surface area contributed by atoms with Gasteiger partial charge in [0.05, 0.1) is 17.6 Å². The first-order valence-corrected chi connectivity index (χ1v) is 10.8. The van der Waals surface area contributed by atoms with Gasteiger partial charge in [-0.15, -0.1) is 12.4 Å². The summed E-state index contributed by atoms with van der Waals surface area (Å²) in [4.78, 5) is 14.2. The summed E-state index contributed by atoms with van der Waals surface area (Å²) in [5.74, 6) is -1.69. The monoisotopic (exact) mass is 475 g/mol. The molecule has 3 rings (SSSR count). The minimum atomic E-state index is -3.58. The Bertz CT molecular complexity index is 998. The lowest BCUT2D eigenvalue weighted by molar-refractivity contribution is 0.0941. The van der Waals surface area contributed by atoms with Crippen molar-refractivity contribution in [1.82, 2.24) is 14.5 Å². The molecule has 1 fully saturated rings. The molecule has 1 aliphatic heterocycles. The molecule has 0 atom stereocenters. The third kappa shape index (κ3) is 6.13. The predicted octanol–water partition coefficient (Wildman–Crippen LogP) is 2.13. The van der Waals surface area contributed by atoms with E-state index in [4.69, 9.17) is 4.74 Å². The number of carbonyl (C=O) groups excluding carboxylic acids is 1. The zero-order valence-corrected chi connectivity index (χ0v) is 18.5. The molecule has 2 aromatic rings. The van der Waals surface area contributed by atoms with Crippen LogP contribution in [0.1, 0.15) is 10.4 Å². The van der Waals surface area contributed by atoms with Crippen molar-refractivity contribution in [3.05, 3.63) is 59.7 Å². The van der Waals surface area contributed by atoms with Crippen LogP contribution in [0.3, 0.4) is 0 Å². The van der Waals surface area contributed by atoms with E-state index in [1.54, 1.807) is 12.1 Å². The highest BCUT2D eigenvalue weighted by atomic mass is 35.5. The Morgan fingerprint density at radius 1 is 1.06 bits per heavy atom. The van der Waals surface area contributed by atoms with Gasteiger partial charge in [-0.1, -0.05) is 0 Å². The molecule has 11 heteroatoms. The van der Waals surface area contributed by atoms with Gasteiger partial charge in [0.2, 0.25) is 10.0 Å². The highest BCUT2D eigenvalue weighted by Gasteiger charge is 2.28. The van der Waals surface area contributed by atoms with Crippen molar-refractivity contribution in [1.29, 1.82) is 0 Å². The molecule has 0 aliphatic carbocycles. The van der Waals surface area contributed by atoms with Crippen LogP contribution in [-0.4, -0.2) is 69.9 Å². The molecule has 2 aromatic carbocycles. The maximum atomic E-state index is 13.6. The van der Waals surface area contributed by atoms with Crippen LogP contribution < -0.4 is 10.1 Å². The number of methoxy groups -OCH3 is 1. The summed E-state index contributed by atoms with van der Waals surface area (Å²) in [5, 5.41) is 2.60. The Hall–Kier alpha value is -2.27. The first-order chi connectivity index (χ1) is 14.3. The van der Waals surface area contributed by atoms with E-state index in [1.165, 1.54) is 23.5 Å². The Morgan fingerprint density at radius 3 is 2.29 bits per heavy atom. The molecule has 170 valence electrons. The van der Waals surface area contributed by atoms with Crippen LogP contribution in [-0.2, 0) is 10.0 Å². The minimum absolute atomic E-state index is 0. The van der Waals surface area contributed by atoms with E-state index < -0.39 is 27.6 Å². The van der Waals surface area contributed by atoms with E-state index in [9.17, 15) is 22.0 Å². The molecule has 7 nitrogen and oxygen atoms in total. The van der Waals surface area contributed by atoms with Gasteiger partial charge in [0, 0.05) is 45.3 Å². The lowest BCUT2D eigenvalue weighted by atomic mass is 10.2. The standard InChI is InChI=1S/C20H23F2N3O4S.ClH/c1-29-16-3-5-17(6-4-16)30(27,28)25-12-10-24(11-13-25)9-8-23-20(26)18-7-2-15(21)14-19(18)22;/h2-7,14H,8-13H2,1H3,(H,23,26);1H. The van der Waals surface area contributed by atoms with Crippen molar-refractivity contribution >= 4 is 28.3 Å². The summed E-state index contributed by atoms with van der Waals surface area (Å²) in [6, 6.07) is 9.04. The molecule has 0 radical (unpaired) electrons. The SMILES string of the molecule is COc1ccc(S(=O)(=O)N2CCN(CCNC(=O)c3ccc(F)cc3F)CC2)cc1.Cl. The molecule has 1 amide bonds. The fourth-order valence-electron chi connectivity index (χ4n) is 3.19. The van der Waals surface area contributed by atoms with Gasteiger partial charge in [-0.2, -0.15) is 4.31 Å². The second-order valence-electron chi connectivity index (χ2n) is 6.80. The minimum Gasteiger partial charge on any atom is -0.497 e. The number of benzene rings is 2. The van der Waals surface area contributed by atoms with Crippen molar-refractivity contribution in [2.45, 2.75) is 4.90 Å². The molecular weight excluding hydrogens is 452 g/mol. The summed E-state index contributed by atoms with van der Waals surface area (Å²) in [7, 11) is -2.06. The summed E-state index contributed by atoms with van der Waals surface area (Å²) in [5.41, 5.74) is -0.216. The van der Waals surface area contributed by atoms with Gasteiger partial charge in [0.1, 0.15) is 17.4 Å². The number of hydrogen-bond acceptors (Lipinski definition) is 5. The number of nitrogens with zero attached hydrogens (tertiary/aromatic N) is 2. The highest BCUT2D eigenvalue weighted by Crippen LogP contribution is 2.20. The number of carbonyl (C=O) groups is 1. The molecule has 0 saturated carbocycles. The van der Waals surface area contributed by atoms with Crippen LogP contribution in [0.15, 0.2) is 47.4 Å². The number of nitrogens with one attached hydrogen (secondary N) is 1. The summed E-state index contributed by atoms with van der Waals surface area (Å²) < 4.78 is 58.6. The maximum Gasteiger partial charge on any atom is 0.254 e. The fourth-order valence-corrected chi connectivity index (χ4v) is 4.61. The molecule has 1 N–H and O–H groups in total. The van der Waals surface area contributed by atoms with Crippen LogP contribution in [0.4, 0.5) is 8.78 Å². The van der Waals surface area contributed by atoms with Gasteiger partial charge in [0.25, 0.3) is 5.91 Å². The molecule has 0 spiro atoms. The Balaban J connectivity index is 0.00000341. The van der Waals surface area contributed by atoms with E-state index in [2.05, 4.69) is 5.32 Å². The molecule has 0 bridgehead atoms. The normalized spacial score (nSPS) is 15.2. The molecule has 0 unspecified atom stereocenters. The van der Waals surface area contributed by atoms with Crippen LogP contribution in [0.25, 0.3) is 0 Å². The zero-order valence-electron chi connectivity index (χ0n) is 16.9. The second kappa shape index (κ2) is 10.9. The second-order valence-corrected chi connectivity index (χ2v) is 8.74. The van der Waals surface area contributed by atoms with Crippen molar-refractivity contribution in [3.8, 4) is 5.75 Å². The molecule has 1 heterocycles. The maximum absolute atomic E-state index is 13.6.